The lowest BCUT2D eigenvalue weighted by Gasteiger charge is -2.14. The van der Waals surface area contributed by atoms with E-state index in [1.165, 1.54) is 18.4 Å². The van der Waals surface area contributed by atoms with Crippen molar-refractivity contribution in [2.24, 2.45) is 0 Å². The van der Waals surface area contributed by atoms with Crippen molar-refractivity contribution in [1.82, 2.24) is 5.32 Å². The molecule has 21 heavy (non-hydrogen) atoms. The Hall–Kier alpha value is -1.03. The van der Waals surface area contributed by atoms with Gasteiger partial charge in [0.1, 0.15) is 12.4 Å². The molecule has 110 valence electrons. The second kappa shape index (κ2) is 6.82. The van der Waals surface area contributed by atoms with Crippen LogP contribution in [0.5, 0.6) is 5.75 Å². The maximum Gasteiger partial charge on any atom is 0.138 e. The van der Waals surface area contributed by atoms with Gasteiger partial charge >= 0.3 is 0 Å². The molecular formula is C17H17BrClNO. The number of rotatable bonds is 6. The summed E-state index contributed by atoms with van der Waals surface area (Å²) in [6.45, 7) is 1.39. The van der Waals surface area contributed by atoms with E-state index < -0.39 is 0 Å². The lowest BCUT2D eigenvalue weighted by atomic mass is 10.2. The normalized spacial score (nSPS) is 14.2. The molecule has 2 aromatic carbocycles. The Labute approximate surface area is 138 Å². The maximum atomic E-state index is 6.02. The molecule has 4 heteroatoms. The molecule has 0 aromatic heterocycles. The molecule has 0 radical (unpaired) electrons. The molecule has 0 heterocycles. The molecule has 0 bridgehead atoms. The third kappa shape index (κ3) is 4.22. The van der Waals surface area contributed by atoms with Crippen molar-refractivity contribution in [2.75, 3.05) is 0 Å². The van der Waals surface area contributed by atoms with Crippen molar-refractivity contribution in [3.8, 4) is 5.75 Å². The Morgan fingerprint density at radius 1 is 1.14 bits per heavy atom. The van der Waals surface area contributed by atoms with Crippen LogP contribution in [0.25, 0.3) is 0 Å². The van der Waals surface area contributed by atoms with Gasteiger partial charge in [-0.05, 0) is 52.5 Å². The Kier molecular flexibility index (Phi) is 4.84. The molecule has 1 aliphatic rings. The first-order chi connectivity index (χ1) is 10.2. The highest BCUT2D eigenvalue weighted by Gasteiger charge is 2.21. The van der Waals surface area contributed by atoms with Crippen LogP contribution in [0.15, 0.2) is 46.9 Å². The van der Waals surface area contributed by atoms with Gasteiger partial charge in [-0.2, -0.15) is 0 Å². The number of halogens is 2. The van der Waals surface area contributed by atoms with Crippen LogP contribution in [0.1, 0.15) is 24.0 Å². The molecule has 0 saturated heterocycles. The van der Waals surface area contributed by atoms with Crippen molar-refractivity contribution in [1.29, 1.82) is 0 Å². The number of ether oxygens (including phenoxy) is 1. The average molecular weight is 367 g/mol. The largest absolute Gasteiger partial charge is 0.487 e. The van der Waals surface area contributed by atoms with Crippen LogP contribution in [-0.2, 0) is 13.2 Å². The number of nitrogens with one attached hydrogen (secondary N) is 1. The zero-order valence-corrected chi connectivity index (χ0v) is 14.0. The topological polar surface area (TPSA) is 21.3 Å². The number of benzene rings is 2. The lowest BCUT2D eigenvalue weighted by molar-refractivity contribution is 0.300. The summed E-state index contributed by atoms with van der Waals surface area (Å²) in [5.74, 6) is 0.917. The maximum absolute atomic E-state index is 6.02. The summed E-state index contributed by atoms with van der Waals surface area (Å²) >= 11 is 9.48. The predicted molar refractivity (Wildman–Crippen MR) is 89.8 cm³/mol. The predicted octanol–water partition coefficient (Wildman–Crippen LogP) is 4.93. The summed E-state index contributed by atoms with van der Waals surface area (Å²) in [6, 6.07) is 14.6. The van der Waals surface area contributed by atoms with Crippen LogP contribution < -0.4 is 10.1 Å². The van der Waals surface area contributed by atoms with Crippen molar-refractivity contribution in [2.45, 2.75) is 32.0 Å². The van der Waals surface area contributed by atoms with Crippen LogP contribution in [-0.4, -0.2) is 6.04 Å². The van der Waals surface area contributed by atoms with Gasteiger partial charge in [0.25, 0.3) is 0 Å². The first-order valence-electron chi connectivity index (χ1n) is 7.10. The number of hydrogen-bond acceptors (Lipinski definition) is 2. The molecular weight excluding hydrogens is 350 g/mol. The highest BCUT2D eigenvalue weighted by molar-refractivity contribution is 9.10. The molecule has 3 rings (SSSR count). The molecule has 2 aromatic rings. The molecule has 0 atom stereocenters. The highest BCUT2D eigenvalue weighted by atomic mass is 79.9. The monoisotopic (exact) mass is 365 g/mol. The Balaban J connectivity index is 1.69. The van der Waals surface area contributed by atoms with Gasteiger partial charge in [-0.3, -0.25) is 0 Å². The van der Waals surface area contributed by atoms with Crippen LogP contribution in [0.3, 0.4) is 0 Å². The van der Waals surface area contributed by atoms with Gasteiger partial charge in [-0.1, -0.05) is 35.9 Å². The Morgan fingerprint density at radius 3 is 2.62 bits per heavy atom. The quantitative estimate of drug-likeness (QED) is 0.782. The zero-order valence-electron chi connectivity index (χ0n) is 11.6. The van der Waals surface area contributed by atoms with E-state index in [1.807, 2.05) is 36.4 Å². The lowest BCUT2D eigenvalue weighted by Crippen LogP contribution is -2.16. The SMILES string of the molecule is Clc1ccc(COc2c(Br)cccc2CNC2CC2)cc1. The fraction of sp³-hybridized carbons (Fsp3) is 0.294. The van der Waals surface area contributed by atoms with Gasteiger partial charge in [0.2, 0.25) is 0 Å². The summed E-state index contributed by atoms with van der Waals surface area (Å²) in [5, 5.41) is 4.27. The van der Waals surface area contributed by atoms with E-state index in [1.54, 1.807) is 0 Å². The number of para-hydroxylation sites is 1. The Bertz CT molecular complexity index is 611. The van der Waals surface area contributed by atoms with Gasteiger partial charge in [0.05, 0.1) is 4.47 Å². The summed E-state index contributed by atoms with van der Waals surface area (Å²) in [5.41, 5.74) is 2.29. The smallest absolute Gasteiger partial charge is 0.138 e. The fourth-order valence-corrected chi connectivity index (χ4v) is 2.78. The van der Waals surface area contributed by atoms with Gasteiger partial charge in [-0.15, -0.1) is 0 Å². The van der Waals surface area contributed by atoms with E-state index >= 15 is 0 Å². The van der Waals surface area contributed by atoms with E-state index in [-0.39, 0.29) is 0 Å². The first-order valence-corrected chi connectivity index (χ1v) is 8.27. The summed E-state index contributed by atoms with van der Waals surface area (Å²) < 4.78 is 7.01. The minimum absolute atomic E-state index is 0.538. The van der Waals surface area contributed by atoms with Crippen molar-refractivity contribution >= 4 is 27.5 Å². The van der Waals surface area contributed by atoms with E-state index in [4.69, 9.17) is 16.3 Å². The van der Waals surface area contributed by atoms with Gasteiger partial charge in [0.15, 0.2) is 0 Å². The van der Waals surface area contributed by atoms with Crippen LogP contribution in [0.4, 0.5) is 0 Å². The van der Waals surface area contributed by atoms with E-state index in [0.29, 0.717) is 12.6 Å². The van der Waals surface area contributed by atoms with Crippen molar-refractivity contribution < 1.29 is 4.74 Å². The summed E-state index contributed by atoms with van der Waals surface area (Å²) in [7, 11) is 0. The molecule has 0 unspecified atom stereocenters. The minimum atomic E-state index is 0.538. The molecule has 0 spiro atoms. The molecule has 2 nitrogen and oxygen atoms in total. The fourth-order valence-electron chi connectivity index (χ4n) is 2.13. The Morgan fingerprint density at radius 2 is 1.90 bits per heavy atom. The second-order valence-corrected chi connectivity index (χ2v) is 6.59. The van der Waals surface area contributed by atoms with E-state index in [9.17, 15) is 0 Å². The van der Waals surface area contributed by atoms with Crippen molar-refractivity contribution in [3.63, 3.8) is 0 Å². The van der Waals surface area contributed by atoms with E-state index in [0.717, 1.165) is 27.4 Å². The minimum Gasteiger partial charge on any atom is -0.487 e. The second-order valence-electron chi connectivity index (χ2n) is 5.30. The van der Waals surface area contributed by atoms with Gasteiger partial charge in [-0.25, -0.2) is 0 Å². The molecule has 1 saturated carbocycles. The van der Waals surface area contributed by atoms with E-state index in [2.05, 4.69) is 27.3 Å². The average Bonchev–Trinajstić information content (AvgIpc) is 3.30. The standard InChI is InChI=1S/C17H17BrClNO/c18-16-3-1-2-13(10-20-15-8-9-15)17(16)21-11-12-4-6-14(19)7-5-12/h1-7,15,20H,8-11H2. The molecule has 1 aliphatic carbocycles. The van der Waals surface area contributed by atoms with Crippen molar-refractivity contribution in [3.05, 3.63) is 63.1 Å². The van der Waals surface area contributed by atoms with Gasteiger partial charge in [0, 0.05) is 23.2 Å². The molecule has 1 N–H and O–H groups in total. The summed E-state index contributed by atoms with van der Waals surface area (Å²) in [4.78, 5) is 0. The summed E-state index contributed by atoms with van der Waals surface area (Å²) in [6.07, 6.45) is 2.57. The highest BCUT2D eigenvalue weighted by Crippen LogP contribution is 2.31. The van der Waals surface area contributed by atoms with Crippen LogP contribution in [0.2, 0.25) is 5.02 Å². The van der Waals surface area contributed by atoms with Crippen LogP contribution >= 0.6 is 27.5 Å². The molecule has 0 amide bonds. The van der Waals surface area contributed by atoms with Gasteiger partial charge < -0.3 is 10.1 Å². The first kappa shape index (κ1) is 14.9. The molecule has 0 aliphatic heterocycles. The zero-order chi connectivity index (χ0) is 14.7. The number of hydrogen-bond donors (Lipinski definition) is 1. The molecule has 1 fully saturated rings. The third-order valence-corrected chi connectivity index (χ3v) is 4.38. The van der Waals surface area contributed by atoms with Crippen LogP contribution in [0, 0.1) is 0 Å². The third-order valence-electron chi connectivity index (χ3n) is 3.50.